The zero-order valence-electron chi connectivity index (χ0n) is 14.2. The highest BCUT2D eigenvalue weighted by atomic mass is 35.5. The fourth-order valence-corrected chi connectivity index (χ4v) is 3.25. The number of aromatic nitrogens is 4. The van der Waals surface area contributed by atoms with Crippen LogP contribution in [0.3, 0.4) is 0 Å². The van der Waals surface area contributed by atoms with Gasteiger partial charge in [0.05, 0.1) is 17.6 Å². The minimum absolute atomic E-state index is 0.0512. The van der Waals surface area contributed by atoms with Gasteiger partial charge in [0.1, 0.15) is 0 Å². The van der Waals surface area contributed by atoms with Crippen LogP contribution in [0.2, 0.25) is 0 Å². The van der Waals surface area contributed by atoms with Gasteiger partial charge in [-0.2, -0.15) is 4.98 Å². The molecule has 26 heavy (non-hydrogen) atoms. The van der Waals surface area contributed by atoms with E-state index in [4.69, 9.17) is 16.1 Å². The van der Waals surface area contributed by atoms with Crippen LogP contribution in [0.25, 0.3) is 22.4 Å². The van der Waals surface area contributed by atoms with Gasteiger partial charge in [0.2, 0.25) is 11.7 Å². The first-order chi connectivity index (χ1) is 12.7. The summed E-state index contributed by atoms with van der Waals surface area (Å²) in [6.45, 7) is 2.73. The maximum absolute atomic E-state index is 12.8. The molecule has 132 valence electrons. The van der Waals surface area contributed by atoms with E-state index >= 15 is 0 Å². The van der Waals surface area contributed by atoms with Crippen molar-refractivity contribution in [2.24, 2.45) is 0 Å². The van der Waals surface area contributed by atoms with Crippen LogP contribution < -0.4 is 5.69 Å². The molecule has 0 aliphatic heterocycles. The number of aryl methyl sites for hydroxylation is 2. The Kier molecular flexibility index (Phi) is 4.34. The van der Waals surface area contributed by atoms with E-state index in [1.165, 1.54) is 0 Å². The molecule has 0 spiro atoms. The first-order valence-electron chi connectivity index (χ1n) is 8.31. The number of rotatable bonds is 5. The molecule has 4 rings (SSSR count). The second kappa shape index (κ2) is 6.80. The molecule has 0 N–H and O–H groups in total. The monoisotopic (exact) mass is 368 g/mol. The maximum atomic E-state index is 12.8. The number of fused-ring (bicyclic) bond motifs is 1. The third-order valence-corrected chi connectivity index (χ3v) is 4.48. The summed E-state index contributed by atoms with van der Waals surface area (Å²) in [6.07, 6.45) is 0. The highest BCUT2D eigenvalue weighted by Gasteiger charge is 2.13. The number of nitrogens with zero attached hydrogens (tertiary/aromatic N) is 4. The van der Waals surface area contributed by atoms with E-state index in [0.29, 0.717) is 30.7 Å². The zero-order valence-corrected chi connectivity index (χ0v) is 15.0. The lowest BCUT2D eigenvalue weighted by atomic mass is 10.1. The van der Waals surface area contributed by atoms with E-state index in [1.54, 1.807) is 16.1 Å². The van der Waals surface area contributed by atoms with Gasteiger partial charge in [-0.25, -0.2) is 4.79 Å². The second-order valence-electron chi connectivity index (χ2n) is 6.03. The molecule has 0 saturated heterocycles. The maximum Gasteiger partial charge on any atom is 0.329 e. The van der Waals surface area contributed by atoms with E-state index in [9.17, 15) is 4.79 Å². The van der Waals surface area contributed by atoms with Gasteiger partial charge < -0.3 is 4.52 Å². The largest absolute Gasteiger partial charge is 0.339 e. The van der Waals surface area contributed by atoms with Crippen molar-refractivity contribution in [1.29, 1.82) is 0 Å². The third kappa shape index (κ3) is 2.93. The van der Waals surface area contributed by atoms with Gasteiger partial charge >= 0.3 is 5.69 Å². The molecule has 0 unspecified atom stereocenters. The molecule has 0 aliphatic carbocycles. The van der Waals surface area contributed by atoms with Crippen molar-refractivity contribution >= 4 is 22.6 Å². The number of halogens is 1. The molecule has 0 amide bonds. The SMILES string of the molecule is Cc1nc(-c2ccc(Cn3c(=O)n(CCCl)c4ccccc43)cc2)no1. The van der Waals surface area contributed by atoms with E-state index in [0.717, 1.165) is 22.2 Å². The number of benzene rings is 2. The first-order valence-corrected chi connectivity index (χ1v) is 8.84. The fraction of sp³-hybridized carbons (Fsp3) is 0.211. The molecule has 4 aromatic rings. The van der Waals surface area contributed by atoms with Crippen molar-refractivity contribution in [2.45, 2.75) is 20.0 Å². The Balaban J connectivity index is 1.69. The van der Waals surface area contributed by atoms with E-state index in [-0.39, 0.29) is 5.69 Å². The van der Waals surface area contributed by atoms with Crippen molar-refractivity contribution in [3.8, 4) is 11.4 Å². The molecule has 2 heterocycles. The summed E-state index contributed by atoms with van der Waals surface area (Å²) in [5, 5.41) is 3.92. The fourth-order valence-electron chi connectivity index (χ4n) is 3.08. The topological polar surface area (TPSA) is 65.8 Å². The number of hydrogen-bond donors (Lipinski definition) is 0. The molecule has 0 saturated carbocycles. The van der Waals surface area contributed by atoms with Crippen molar-refractivity contribution in [1.82, 2.24) is 19.3 Å². The lowest BCUT2D eigenvalue weighted by molar-refractivity contribution is 0.394. The van der Waals surface area contributed by atoms with Crippen LogP contribution in [0.1, 0.15) is 11.5 Å². The van der Waals surface area contributed by atoms with Crippen LogP contribution in [0.4, 0.5) is 0 Å². The first kappa shape index (κ1) is 16.6. The minimum Gasteiger partial charge on any atom is -0.339 e. The van der Waals surface area contributed by atoms with E-state index < -0.39 is 0 Å². The van der Waals surface area contributed by atoms with Crippen molar-refractivity contribution in [3.63, 3.8) is 0 Å². The van der Waals surface area contributed by atoms with Crippen molar-refractivity contribution in [2.75, 3.05) is 5.88 Å². The summed E-state index contributed by atoms with van der Waals surface area (Å²) in [5.41, 5.74) is 3.65. The smallest absolute Gasteiger partial charge is 0.329 e. The summed E-state index contributed by atoms with van der Waals surface area (Å²) in [5.74, 6) is 1.49. The Morgan fingerprint density at radius 1 is 1.04 bits per heavy atom. The molecule has 2 aromatic heterocycles. The van der Waals surface area contributed by atoms with Crippen LogP contribution >= 0.6 is 11.6 Å². The average Bonchev–Trinajstić information content (AvgIpc) is 3.20. The van der Waals surface area contributed by atoms with Crippen molar-refractivity contribution in [3.05, 3.63) is 70.5 Å². The van der Waals surface area contributed by atoms with Gasteiger partial charge in [-0.05, 0) is 17.7 Å². The predicted molar refractivity (Wildman–Crippen MR) is 100 cm³/mol. The highest BCUT2D eigenvalue weighted by molar-refractivity contribution is 6.17. The second-order valence-corrected chi connectivity index (χ2v) is 6.41. The number of para-hydroxylation sites is 2. The molecule has 0 aliphatic rings. The quantitative estimate of drug-likeness (QED) is 0.506. The minimum atomic E-state index is -0.0512. The van der Waals surface area contributed by atoms with Gasteiger partial charge in [-0.1, -0.05) is 41.6 Å². The molecule has 0 fully saturated rings. The summed E-state index contributed by atoms with van der Waals surface area (Å²) in [6, 6.07) is 15.6. The number of alkyl halides is 1. The van der Waals surface area contributed by atoms with Crippen LogP contribution in [-0.4, -0.2) is 25.2 Å². The van der Waals surface area contributed by atoms with Gasteiger partial charge in [0.25, 0.3) is 0 Å². The lowest BCUT2D eigenvalue weighted by Gasteiger charge is -2.04. The number of hydrogen-bond acceptors (Lipinski definition) is 4. The summed E-state index contributed by atoms with van der Waals surface area (Å²) >= 11 is 5.87. The Labute approximate surface area is 154 Å². The van der Waals surface area contributed by atoms with Gasteiger partial charge in [0.15, 0.2) is 0 Å². The van der Waals surface area contributed by atoms with Gasteiger partial charge in [0, 0.05) is 24.9 Å². The molecular formula is C19H17ClN4O2. The van der Waals surface area contributed by atoms with Crippen LogP contribution in [0.5, 0.6) is 0 Å². The Morgan fingerprint density at radius 3 is 2.35 bits per heavy atom. The molecule has 6 nitrogen and oxygen atoms in total. The summed E-state index contributed by atoms with van der Waals surface area (Å²) < 4.78 is 8.51. The normalized spacial score (nSPS) is 11.3. The lowest BCUT2D eigenvalue weighted by Crippen LogP contribution is -2.25. The summed E-state index contributed by atoms with van der Waals surface area (Å²) in [4.78, 5) is 17.0. The highest BCUT2D eigenvalue weighted by Crippen LogP contribution is 2.18. The average molecular weight is 369 g/mol. The Bertz CT molecular complexity index is 1110. The molecule has 2 aromatic carbocycles. The van der Waals surface area contributed by atoms with Crippen molar-refractivity contribution < 1.29 is 4.52 Å². The van der Waals surface area contributed by atoms with Crippen LogP contribution in [0, 0.1) is 6.92 Å². The summed E-state index contributed by atoms with van der Waals surface area (Å²) in [7, 11) is 0. The molecule has 0 atom stereocenters. The predicted octanol–water partition coefficient (Wildman–Crippen LogP) is 3.45. The van der Waals surface area contributed by atoms with E-state index in [2.05, 4.69) is 10.1 Å². The standard InChI is InChI=1S/C19H17ClN4O2/c1-13-21-18(22-26-13)15-8-6-14(7-9-15)12-24-17-5-3-2-4-16(17)23(11-10-20)19(24)25/h2-9H,10-12H2,1H3. The van der Waals surface area contributed by atoms with E-state index in [1.807, 2.05) is 48.5 Å². The Hall–Kier alpha value is -2.86. The third-order valence-electron chi connectivity index (χ3n) is 4.31. The molecule has 7 heteroatoms. The molecule has 0 radical (unpaired) electrons. The van der Waals surface area contributed by atoms with Gasteiger partial charge in [-0.15, -0.1) is 11.6 Å². The van der Waals surface area contributed by atoms with Crippen LogP contribution in [0.15, 0.2) is 57.8 Å². The van der Waals surface area contributed by atoms with Gasteiger partial charge in [-0.3, -0.25) is 9.13 Å². The molecular weight excluding hydrogens is 352 g/mol. The molecule has 0 bridgehead atoms. The zero-order chi connectivity index (χ0) is 18.1. The Morgan fingerprint density at radius 2 is 1.73 bits per heavy atom. The number of imidazole rings is 1. The van der Waals surface area contributed by atoms with Crippen LogP contribution in [-0.2, 0) is 13.1 Å².